The largest absolute Gasteiger partial charge is 0.296 e. The van der Waals surface area contributed by atoms with Gasteiger partial charge in [0.1, 0.15) is 0 Å². The standard InChI is InChI=1S/C17H27N3O/c1-3-16-6-4-5-11-20(16)12-14-7-9-15(10-8-14)13(2)17(21)19-18/h7-10,13,16H,3-6,11-12,18H2,1-2H3,(H,19,21). The van der Waals surface area contributed by atoms with Crippen molar-refractivity contribution in [3.05, 3.63) is 35.4 Å². The van der Waals surface area contributed by atoms with E-state index in [1.807, 2.05) is 19.1 Å². The molecule has 2 atom stereocenters. The molecular formula is C17H27N3O. The van der Waals surface area contributed by atoms with Crippen molar-refractivity contribution in [1.29, 1.82) is 0 Å². The first kappa shape index (κ1) is 16.0. The highest BCUT2D eigenvalue weighted by Crippen LogP contribution is 2.22. The molecule has 0 spiro atoms. The molecule has 2 rings (SSSR count). The van der Waals surface area contributed by atoms with Crippen molar-refractivity contribution >= 4 is 5.91 Å². The number of nitrogens with two attached hydrogens (primary N) is 1. The summed E-state index contributed by atoms with van der Waals surface area (Å²) in [7, 11) is 0. The van der Waals surface area contributed by atoms with Gasteiger partial charge in [0.2, 0.25) is 5.91 Å². The first-order valence-electron chi connectivity index (χ1n) is 7.99. The van der Waals surface area contributed by atoms with E-state index in [2.05, 4.69) is 29.4 Å². The third kappa shape index (κ3) is 4.05. The highest BCUT2D eigenvalue weighted by Gasteiger charge is 2.20. The predicted molar refractivity (Wildman–Crippen MR) is 85.5 cm³/mol. The van der Waals surface area contributed by atoms with Crippen LogP contribution < -0.4 is 11.3 Å². The van der Waals surface area contributed by atoms with E-state index in [1.54, 1.807) is 0 Å². The first-order chi connectivity index (χ1) is 10.2. The van der Waals surface area contributed by atoms with Crippen LogP contribution in [-0.4, -0.2) is 23.4 Å². The summed E-state index contributed by atoms with van der Waals surface area (Å²) < 4.78 is 0. The van der Waals surface area contributed by atoms with E-state index in [-0.39, 0.29) is 11.8 Å². The van der Waals surface area contributed by atoms with E-state index in [0.717, 1.165) is 18.2 Å². The summed E-state index contributed by atoms with van der Waals surface area (Å²) in [6.07, 6.45) is 5.22. The molecule has 0 saturated carbocycles. The zero-order valence-corrected chi connectivity index (χ0v) is 13.1. The number of hydrogen-bond donors (Lipinski definition) is 2. The summed E-state index contributed by atoms with van der Waals surface area (Å²) in [5.74, 6) is 4.83. The number of piperidine rings is 1. The molecule has 2 unspecified atom stereocenters. The molecule has 1 heterocycles. The maximum absolute atomic E-state index is 11.6. The summed E-state index contributed by atoms with van der Waals surface area (Å²) in [5.41, 5.74) is 4.54. The molecular weight excluding hydrogens is 262 g/mol. The molecule has 21 heavy (non-hydrogen) atoms. The smallest absolute Gasteiger partial charge is 0.241 e. The van der Waals surface area contributed by atoms with Gasteiger partial charge in [0.15, 0.2) is 0 Å². The normalized spacial score (nSPS) is 21.0. The molecule has 116 valence electrons. The topological polar surface area (TPSA) is 58.4 Å². The van der Waals surface area contributed by atoms with Gasteiger partial charge in [0.05, 0.1) is 5.92 Å². The number of carbonyl (C=O) groups is 1. The summed E-state index contributed by atoms with van der Waals surface area (Å²) in [4.78, 5) is 14.1. The number of hydrogen-bond acceptors (Lipinski definition) is 3. The molecule has 0 radical (unpaired) electrons. The fourth-order valence-corrected chi connectivity index (χ4v) is 3.15. The highest BCUT2D eigenvalue weighted by molar-refractivity contribution is 5.82. The van der Waals surface area contributed by atoms with Crippen LogP contribution >= 0.6 is 0 Å². The molecule has 1 saturated heterocycles. The number of nitrogens with one attached hydrogen (secondary N) is 1. The van der Waals surface area contributed by atoms with Gasteiger partial charge in [-0.15, -0.1) is 0 Å². The van der Waals surface area contributed by atoms with E-state index in [4.69, 9.17) is 5.84 Å². The monoisotopic (exact) mass is 289 g/mol. The number of benzene rings is 1. The maximum atomic E-state index is 11.6. The Kier molecular flexibility index (Phi) is 5.76. The van der Waals surface area contributed by atoms with Crippen LogP contribution in [0.15, 0.2) is 24.3 Å². The van der Waals surface area contributed by atoms with E-state index in [0.29, 0.717) is 0 Å². The summed E-state index contributed by atoms with van der Waals surface area (Å²) in [5, 5.41) is 0. The van der Waals surface area contributed by atoms with Crippen molar-refractivity contribution < 1.29 is 4.79 Å². The highest BCUT2D eigenvalue weighted by atomic mass is 16.2. The van der Waals surface area contributed by atoms with Gasteiger partial charge in [0, 0.05) is 12.6 Å². The van der Waals surface area contributed by atoms with Crippen LogP contribution in [0.2, 0.25) is 0 Å². The van der Waals surface area contributed by atoms with Crippen LogP contribution in [0.3, 0.4) is 0 Å². The Hall–Kier alpha value is -1.39. The van der Waals surface area contributed by atoms with Crippen LogP contribution in [0.5, 0.6) is 0 Å². The second-order valence-electron chi connectivity index (χ2n) is 6.00. The Labute approximate surface area is 127 Å². The Balaban J connectivity index is 2.00. The van der Waals surface area contributed by atoms with E-state index >= 15 is 0 Å². The molecule has 1 fully saturated rings. The van der Waals surface area contributed by atoms with Gasteiger partial charge in [0.25, 0.3) is 0 Å². The van der Waals surface area contributed by atoms with Gasteiger partial charge in [-0.2, -0.15) is 0 Å². The van der Waals surface area contributed by atoms with Gasteiger partial charge < -0.3 is 0 Å². The summed E-state index contributed by atoms with van der Waals surface area (Å²) >= 11 is 0. The molecule has 0 bridgehead atoms. The predicted octanol–water partition coefficient (Wildman–Crippen LogP) is 2.54. The van der Waals surface area contributed by atoms with E-state index in [1.165, 1.54) is 37.8 Å². The lowest BCUT2D eigenvalue weighted by atomic mass is 9.97. The zero-order valence-electron chi connectivity index (χ0n) is 13.1. The van der Waals surface area contributed by atoms with Crippen LogP contribution in [0.1, 0.15) is 56.6 Å². The van der Waals surface area contributed by atoms with Crippen molar-refractivity contribution in [2.24, 2.45) is 5.84 Å². The average Bonchev–Trinajstić information content (AvgIpc) is 2.54. The maximum Gasteiger partial charge on any atom is 0.241 e. The number of rotatable bonds is 5. The lowest BCUT2D eigenvalue weighted by Crippen LogP contribution is -2.38. The zero-order chi connectivity index (χ0) is 15.2. The fourth-order valence-electron chi connectivity index (χ4n) is 3.15. The molecule has 4 heteroatoms. The first-order valence-corrected chi connectivity index (χ1v) is 7.99. The van der Waals surface area contributed by atoms with Crippen molar-refractivity contribution in [3.63, 3.8) is 0 Å². The Morgan fingerprint density at radius 2 is 2.10 bits per heavy atom. The molecule has 3 N–H and O–H groups in total. The van der Waals surface area contributed by atoms with Gasteiger partial charge >= 0.3 is 0 Å². The van der Waals surface area contributed by atoms with Gasteiger partial charge in [-0.3, -0.25) is 15.1 Å². The van der Waals surface area contributed by atoms with Crippen molar-refractivity contribution in [2.45, 2.75) is 58.0 Å². The molecule has 4 nitrogen and oxygen atoms in total. The molecule has 1 aliphatic heterocycles. The molecule has 0 aromatic heterocycles. The van der Waals surface area contributed by atoms with Crippen LogP contribution in [-0.2, 0) is 11.3 Å². The number of carbonyl (C=O) groups excluding carboxylic acids is 1. The average molecular weight is 289 g/mol. The van der Waals surface area contributed by atoms with Crippen molar-refractivity contribution in [1.82, 2.24) is 10.3 Å². The van der Waals surface area contributed by atoms with Gasteiger partial charge in [-0.05, 0) is 43.9 Å². The summed E-state index contributed by atoms with van der Waals surface area (Å²) in [6, 6.07) is 9.08. The van der Waals surface area contributed by atoms with Gasteiger partial charge in [-0.25, -0.2) is 5.84 Å². The molecule has 1 aliphatic rings. The molecule has 1 aromatic rings. The minimum atomic E-state index is -0.206. The van der Waals surface area contributed by atoms with Crippen LogP contribution in [0, 0.1) is 0 Å². The second-order valence-corrected chi connectivity index (χ2v) is 6.00. The van der Waals surface area contributed by atoms with Crippen molar-refractivity contribution in [2.75, 3.05) is 6.54 Å². The second kappa shape index (κ2) is 7.57. The Bertz CT molecular complexity index is 458. The Morgan fingerprint density at radius 1 is 1.38 bits per heavy atom. The molecule has 1 aromatic carbocycles. The number of likely N-dealkylation sites (tertiary alicyclic amines) is 1. The van der Waals surface area contributed by atoms with E-state index in [9.17, 15) is 4.79 Å². The SMILES string of the molecule is CCC1CCCCN1Cc1ccc(C(C)C(=O)NN)cc1. The van der Waals surface area contributed by atoms with Crippen molar-refractivity contribution in [3.8, 4) is 0 Å². The number of hydrazine groups is 1. The molecule has 1 amide bonds. The van der Waals surface area contributed by atoms with E-state index < -0.39 is 0 Å². The number of amides is 1. The quantitative estimate of drug-likeness (QED) is 0.497. The lowest BCUT2D eigenvalue weighted by Gasteiger charge is -2.35. The minimum absolute atomic E-state index is 0.148. The lowest BCUT2D eigenvalue weighted by molar-refractivity contribution is -0.122. The third-order valence-corrected chi connectivity index (χ3v) is 4.62. The third-order valence-electron chi connectivity index (χ3n) is 4.62. The minimum Gasteiger partial charge on any atom is -0.296 e. The molecule has 0 aliphatic carbocycles. The fraction of sp³-hybridized carbons (Fsp3) is 0.588. The summed E-state index contributed by atoms with van der Waals surface area (Å²) in [6.45, 7) is 6.36. The van der Waals surface area contributed by atoms with Crippen LogP contribution in [0.4, 0.5) is 0 Å². The van der Waals surface area contributed by atoms with Crippen LogP contribution in [0.25, 0.3) is 0 Å². The Morgan fingerprint density at radius 3 is 2.71 bits per heavy atom. The van der Waals surface area contributed by atoms with Gasteiger partial charge in [-0.1, -0.05) is 37.6 Å². The number of nitrogens with zero attached hydrogens (tertiary/aromatic N) is 1.